The van der Waals surface area contributed by atoms with Gasteiger partial charge in [0.2, 0.25) is 0 Å². The Morgan fingerprint density at radius 3 is 2.40 bits per heavy atom. The maximum atomic E-state index is 10.5. The van der Waals surface area contributed by atoms with Crippen molar-refractivity contribution in [3.8, 4) is 12.1 Å². The Labute approximate surface area is 115 Å². The fourth-order valence-electron chi connectivity index (χ4n) is 1.28. The van der Waals surface area contributed by atoms with Gasteiger partial charge in [-0.25, -0.2) is 0 Å². The molecule has 1 aromatic carbocycles. The molecule has 0 saturated carbocycles. The quantitative estimate of drug-likeness (QED) is 0.289. The molecule has 0 heterocycles. The van der Waals surface area contributed by atoms with Crippen molar-refractivity contribution in [2.45, 2.75) is 0 Å². The molecule has 0 fully saturated rings. The van der Waals surface area contributed by atoms with Crippen molar-refractivity contribution in [2.75, 3.05) is 12.4 Å². The molecule has 20 heavy (non-hydrogen) atoms. The Morgan fingerprint density at radius 1 is 1.35 bits per heavy atom. The Morgan fingerprint density at radius 2 is 1.95 bits per heavy atom. The summed E-state index contributed by atoms with van der Waals surface area (Å²) in [5, 5.41) is 30.7. The summed E-state index contributed by atoms with van der Waals surface area (Å²) >= 11 is 0. The fourth-order valence-corrected chi connectivity index (χ4v) is 1.28. The topological polar surface area (TPSA) is 112 Å². The average molecular weight is 270 g/mol. The van der Waals surface area contributed by atoms with Crippen LogP contribution in [-0.2, 0) is 4.74 Å². The second kappa shape index (κ2) is 7.19. The van der Waals surface area contributed by atoms with E-state index < -0.39 is 4.92 Å². The predicted molar refractivity (Wildman–Crippen MR) is 71.1 cm³/mol. The molecule has 1 rings (SSSR count). The number of nitrogens with one attached hydrogen (secondary N) is 1. The summed E-state index contributed by atoms with van der Waals surface area (Å²) in [6.45, 7) is 0. The van der Waals surface area contributed by atoms with E-state index in [-0.39, 0.29) is 17.0 Å². The average Bonchev–Trinajstić information content (AvgIpc) is 2.47. The summed E-state index contributed by atoms with van der Waals surface area (Å²) in [5.41, 5.74) is 0.472. The van der Waals surface area contributed by atoms with Gasteiger partial charge >= 0.3 is 0 Å². The lowest BCUT2D eigenvalue weighted by atomic mass is 10.2. The van der Waals surface area contributed by atoms with Crippen molar-refractivity contribution < 1.29 is 9.66 Å². The van der Waals surface area contributed by atoms with E-state index in [9.17, 15) is 10.1 Å². The van der Waals surface area contributed by atoms with Crippen molar-refractivity contribution in [1.29, 1.82) is 10.5 Å². The van der Waals surface area contributed by atoms with E-state index in [0.29, 0.717) is 5.69 Å². The maximum Gasteiger partial charge on any atom is 0.269 e. The summed E-state index contributed by atoms with van der Waals surface area (Å²) in [5.74, 6) is 0.129. The van der Waals surface area contributed by atoms with E-state index in [1.54, 1.807) is 12.1 Å². The third-order valence-electron chi connectivity index (χ3n) is 2.25. The second-order valence-corrected chi connectivity index (χ2v) is 3.45. The first kappa shape index (κ1) is 14.7. The summed E-state index contributed by atoms with van der Waals surface area (Å²) in [7, 11) is 1.35. The summed E-state index contributed by atoms with van der Waals surface area (Å²) in [6, 6.07) is 9.21. The zero-order chi connectivity index (χ0) is 15.0. The molecule has 7 heteroatoms. The molecule has 0 saturated heterocycles. The van der Waals surface area contributed by atoms with Crippen molar-refractivity contribution in [3.05, 3.63) is 58.0 Å². The van der Waals surface area contributed by atoms with Gasteiger partial charge in [0.1, 0.15) is 17.9 Å². The van der Waals surface area contributed by atoms with Crippen LogP contribution in [0.4, 0.5) is 11.4 Å². The minimum absolute atomic E-state index is 0.00625. The Hall–Kier alpha value is -3.32. The SMILES string of the molecule is COC(C=CNc1ccc([N+](=O)[O-])cc1)=C(C#N)C#N. The molecule has 0 radical (unpaired) electrons. The van der Waals surface area contributed by atoms with Crippen LogP contribution in [0.25, 0.3) is 0 Å². The summed E-state index contributed by atoms with van der Waals surface area (Å²) in [4.78, 5) is 9.99. The van der Waals surface area contributed by atoms with Crippen LogP contribution in [-0.4, -0.2) is 12.0 Å². The standard InChI is InChI=1S/C13H10N4O3/c1-20-13(10(8-14)9-15)6-7-16-11-2-4-12(5-3-11)17(18)19/h2-7,16H,1H3. The van der Waals surface area contributed by atoms with Crippen molar-refractivity contribution in [1.82, 2.24) is 0 Å². The van der Waals surface area contributed by atoms with Crippen LogP contribution in [0.3, 0.4) is 0 Å². The molecule has 0 aliphatic rings. The summed E-state index contributed by atoms with van der Waals surface area (Å²) in [6.07, 6.45) is 2.89. The van der Waals surface area contributed by atoms with E-state index in [1.807, 2.05) is 0 Å². The maximum absolute atomic E-state index is 10.5. The number of nitrogens with zero attached hydrogens (tertiary/aromatic N) is 3. The van der Waals surface area contributed by atoms with Gasteiger partial charge in [-0.2, -0.15) is 10.5 Å². The number of nitriles is 2. The number of anilines is 1. The molecule has 100 valence electrons. The van der Waals surface area contributed by atoms with Gasteiger partial charge < -0.3 is 10.1 Å². The lowest BCUT2D eigenvalue weighted by Crippen LogP contribution is -1.92. The van der Waals surface area contributed by atoms with E-state index in [2.05, 4.69) is 5.32 Å². The molecule has 7 nitrogen and oxygen atoms in total. The van der Waals surface area contributed by atoms with Crippen LogP contribution in [0.2, 0.25) is 0 Å². The minimum atomic E-state index is -0.489. The van der Waals surface area contributed by atoms with E-state index >= 15 is 0 Å². The van der Waals surface area contributed by atoms with Crippen LogP contribution in [0.1, 0.15) is 0 Å². The number of benzene rings is 1. The van der Waals surface area contributed by atoms with Crippen LogP contribution < -0.4 is 5.32 Å². The lowest BCUT2D eigenvalue weighted by molar-refractivity contribution is -0.384. The van der Waals surface area contributed by atoms with Gasteiger partial charge in [-0.05, 0) is 18.2 Å². The highest BCUT2D eigenvalue weighted by molar-refractivity contribution is 5.51. The highest BCUT2D eigenvalue weighted by Gasteiger charge is 2.03. The predicted octanol–water partition coefficient (Wildman–Crippen LogP) is 2.47. The highest BCUT2D eigenvalue weighted by Crippen LogP contribution is 2.15. The number of nitro benzene ring substituents is 1. The molecule has 0 amide bonds. The normalized spacial score (nSPS) is 9.35. The number of non-ortho nitro benzene ring substituents is 1. The number of nitro groups is 1. The molecule has 1 N–H and O–H groups in total. The monoisotopic (exact) mass is 270 g/mol. The zero-order valence-electron chi connectivity index (χ0n) is 10.5. The fraction of sp³-hybridized carbons (Fsp3) is 0.0769. The molecule has 0 spiro atoms. The number of methoxy groups -OCH3 is 1. The second-order valence-electron chi connectivity index (χ2n) is 3.45. The molecule has 0 unspecified atom stereocenters. The van der Waals surface area contributed by atoms with Crippen molar-refractivity contribution >= 4 is 11.4 Å². The number of hydrogen-bond donors (Lipinski definition) is 1. The van der Waals surface area contributed by atoms with Gasteiger partial charge in [-0.15, -0.1) is 0 Å². The molecule has 0 aromatic heterocycles. The number of allylic oxidation sites excluding steroid dienone is 2. The van der Waals surface area contributed by atoms with Crippen LogP contribution in [0.5, 0.6) is 0 Å². The number of hydrogen-bond acceptors (Lipinski definition) is 6. The molecule has 0 bridgehead atoms. The van der Waals surface area contributed by atoms with E-state index in [0.717, 1.165) is 0 Å². The van der Waals surface area contributed by atoms with Crippen LogP contribution in [0.15, 0.2) is 47.9 Å². The van der Waals surface area contributed by atoms with Gasteiger partial charge in [-0.1, -0.05) is 0 Å². The van der Waals surface area contributed by atoms with E-state index in [1.165, 1.54) is 43.7 Å². The van der Waals surface area contributed by atoms with Gasteiger partial charge in [0.05, 0.1) is 12.0 Å². The van der Waals surface area contributed by atoms with Gasteiger partial charge in [0.25, 0.3) is 5.69 Å². The molecule has 0 atom stereocenters. The Bertz CT molecular complexity index is 617. The van der Waals surface area contributed by atoms with Crippen LogP contribution >= 0.6 is 0 Å². The molecular weight excluding hydrogens is 260 g/mol. The first-order valence-corrected chi connectivity index (χ1v) is 5.38. The summed E-state index contributed by atoms with van der Waals surface area (Å²) < 4.78 is 4.90. The first-order valence-electron chi connectivity index (χ1n) is 5.38. The van der Waals surface area contributed by atoms with Gasteiger partial charge in [-0.3, -0.25) is 10.1 Å². The zero-order valence-corrected chi connectivity index (χ0v) is 10.5. The molecular formula is C13H10N4O3. The highest BCUT2D eigenvalue weighted by atomic mass is 16.6. The van der Waals surface area contributed by atoms with Crippen molar-refractivity contribution in [2.24, 2.45) is 0 Å². The number of rotatable bonds is 5. The largest absolute Gasteiger partial charge is 0.495 e. The third kappa shape index (κ3) is 3.86. The van der Waals surface area contributed by atoms with Crippen molar-refractivity contribution in [3.63, 3.8) is 0 Å². The number of ether oxygens (including phenoxy) is 1. The first-order chi connectivity index (χ1) is 9.62. The van der Waals surface area contributed by atoms with Gasteiger partial charge in [0.15, 0.2) is 5.57 Å². The molecule has 0 aliphatic carbocycles. The lowest BCUT2D eigenvalue weighted by Gasteiger charge is -2.02. The third-order valence-corrected chi connectivity index (χ3v) is 2.25. The Balaban J connectivity index is 2.79. The van der Waals surface area contributed by atoms with E-state index in [4.69, 9.17) is 15.3 Å². The van der Waals surface area contributed by atoms with Crippen LogP contribution in [0, 0.1) is 32.8 Å². The Kier molecular flexibility index (Phi) is 5.30. The molecule has 1 aromatic rings. The smallest absolute Gasteiger partial charge is 0.269 e. The minimum Gasteiger partial charge on any atom is -0.495 e. The molecule has 0 aliphatic heterocycles. The van der Waals surface area contributed by atoms with Gasteiger partial charge in [0, 0.05) is 24.0 Å².